The maximum absolute atomic E-state index is 11.6. The van der Waals surface area contributed by atoms with Crippen LogP contribution < -0.4 is 5.32 Å². The molecule has 2 rings (SSSR count). The average Bonchev–Trinajstić information content (AvgIpc) is 2.46. The molecule has 5 heteroatoms. The minimum absolute atomic E-state index is 0.145. The number of halogens is 1. The average molecular weight is 298 g/mol. The zero-order valence-corrected chi connectivity index (χ0v) is 12.3. The Balaban J connectivity index is 2.17. The topological polar surface area (TPSA) is 58.6 Å². The van der Waals surface area contributed by atoms with Crippen LogP contribution in [0.15, 0.2) is 24.3 Å². The van der Waals surface area contributed by atoms with Crippen molar-refractivity contribution in [2.45, 2.75) is 31.3 Å². The SMILES string of the molecule is CC(O)C(=O)NCC1(c2ccc(Cl)cc2)CCOCC1. The van der Waals surface area contributed by atoms with Gasteiger partial charge in [0.2, 0.25) is 5.91 Å². The molecule has 110 valence electrons. The number of ether oxygens (including phenoxy) is 1. The summed E-state index contributed by atoms with van der Waals surface area (Å²) in [6.45, 7) is 3.32. The van der Waals surface area contributed by atoms with Gasteiger partial charge in [0, 0.05) is 30.2 Å². The number of hydrogen-bond acceptors (Lipinski definition) is 3. The van der Waals surface area contributed by atoms with E-state index in [2.05, 4.69) is 5.32 Å². The lowest BCUT2D eigenvalue weighted by Gasteiger charge is -2.38. The molecule has 0 radical (unpaired) electrons. The van der Waals surface area contributed by atoms with Gasteiger partial charge in [0.15, 0.2) is 0 Å². The van der Waals surface area contributed by atoms with Crippen molar-refractivity contribution in [1.29, 1.82) is 0 Å². The van der Waals surface area contributed by atoms with Gasteiger partial charge in [-0.05, 0) is 37.5 Å². The van der Waals surface area contributed by atoms with E-state index < -0.39 is 6.10 Å². The van der Waals surface area contributed by atoms with Gasteiger partial charge in [-0.15, -0.1) is 0 Å². The van der Waals surface area contributed by atoms with Crippen molar-refractivity contribution in [3.8, 4) is 0 Å². The van der Waals surface area contributed by atoms with Gasteiger partial charge in [0.05, 0.1) is 0 Å². The Hall–Kier alpha value is -1.10. The first-order chi connectivity index (χ1) is 9.53. The first-order valence-electron chi connectivity index (χ1n) is 6.83. The fourth-order valence-electron chi connectivity index (χ4n) is 2.54. The zero-order chi connectivity index (χ0) is 14.6. The number of carbonyl (C=O) groups excluding carboxylic acids is 1. The molecule has 0 spiro atoms. The molecule has 2 N–H and O–H groups in total. The smallest absolute Gasteiger partial charge is 0.248 e. The molecule has 1 fully saturated rings. The van der Waals surface area contributed by atoms with E-state index in [-0.39, 0.29) is 11.3 Å². The van der Waals surface area contributed by atoms with E-state index in [1.165, 1.54) is 6.92 Å². The molecule has 0 bridgehead atoms. The maximum Gasteiger partial charge on any atom is 0.248 e. The van der Waals surface area contributed by atoms with E-state index in [9.17, 15) is 9.90 Å². The number of benzene rings is 1. The van der Waals surface area contributed by atoms with Gasteiger partial charge in [0.25, 0.3) is 0 Å². The third-order valence-corrected chi connectivity index (χ3v) is 4.14. The number of rotatable bonds is 4. The fraction of sp³-hybridized carbons (Fsp3) is 0.533. The summed E-state index contributed by atoms with van der Waals surface area (Å²) in [4.78, 5) is 11.6. The summed E-state index contributed by atoms with van der Waals surface area (Å²) < 4.78 is 5.44. The molecule has 4 nitrogen and oxygen atoms in total. The van der Waals surface area contributed by atoms with Gasteiger partial charge in [-0.25, -0.2) is 0 Å². The normalized spacial score (nSPS) is 19.4. The Morgan fingerprint density at radius 2 is 2.00 bits per heavy atom. The van der Waals surface area contributed by atoms with Crippen LogP contribution in [-0.2, 0) is 14.9 Å². The highest BCUT2D eigenvalue weighted by molar-refractivity contribution is 6.30. The lowest BCUT2D eigenvalue weighted by Crippen LogP contribution is -2.46. The first-order valence-corrected chi connectivity index (χ1v) is 7.21. The van der Waals surface area contributed by atoms with E-state index in [0.29, 0.717) is 24.8 Å². The predicted octanol–water partition coefficient (Wildman–Crippen LogP) is 1.89. The summed E-state index contributed by atoms with van der Waals surface area (Å²) >= 11 is 5.94. The molecule has 1 saturated heterocycles. The van der Waals surface area contributed by atoms with Crippen LogP contribution in [0.5, 0.6) is 0 Å². The van der Waals surface area contributed by atoms with Crippen LogP contribution in [-0.4, -0.2) is 36.9 Å². The summed E-state index contributed by atoms with van der Waals surface area (Å²) in [6.07, 6.45) is 0.695. The van der Waals surface area contributed by atoms with Crippen molar-refractivity contribution in [2.24, 2.45) is 0 Å². The quantitative estimate of drug-likeness (QED) is 0.892. The number of aliphatic hydroxyl groups excluding tert-OH is 1. The summed E-state index contributed by atoms with van der Waals surface area (Å²) in [5, 5.41) is 12.8. The minimum atomic E-state index is -0.989. The lowest BCUT2D eigenvalue weighted by molar-refractivity contribution is -0.128. The second kappa shape index (κ2) is 6.57. The second-order valence-corrected chi connectivity index (χ2v) is 5.73. The predicted molar refractivity (Wildman–Crippen MR) is 77.9 cm³/mol. The Bertz CT molecular complexity index is 453. The van der Waals surface area contributed by atoms with Crippen molar-refractivity contribution in [3.05, 3.63) is 34.9 Å². The van der Waals surface area contributed by atoms with E-state index >= 15 is 0 Å². The van der Waals surface area contributed by atoms with Crippen LogP contribution in [0.25, 0.3) is 0 Å². The van der Waals surface area contributed by atoms with Crippen LogP contribution in [0.1, 0.15) is 25.3 Å². The number of nitrogens with one attached hydrogen (secondary N) is 1. The Morgan fingerprint density at radius 3 is 2.55 bits per heavy atom. The van der Waals surface area contributed by atoms with Crippen molar-refractivity contribution in [1.82, 2.24) is 5.32 Å². The second-order valence-electron chi connectivity index (χ2n) is 5.29. The van der Waals surface area contributed by atoms with Crippen molar-refractivity contribution in [2.75, 3.05) is 19.8 Å². The third kappa shape index (κ3) is 3.51. The Kier molecular flexibility index (Phi) is 5.02. The molecule has 1 aliphatic heterocycles. The van der Waals surface area contributed by atoms with Crippen molar-refractivity contribution >= 4 is 17.5 Å². The summed E-state index contributed by atoms with van der Waals surface area (Å²) in [7, 11) is 0. The van der Waals surface area contributed by atoms with E-state index in [1.807, 2.05) is 24.3 Å². The summed E-state index contributed by atoms with van der Waals surface area (Å²) in [5.41, 5.74) is 1.00. The molecule has 0 saturated carbocycles. The van der Waals surface area contributed by atoms with Gasteiger partial charge in [-0.3, -0.25) is 4.79 Å². The number of hydrogen-bond donors (Lipinski definition) is 2. The zero-order valence-electron chi connectivity index (χ0n) is 11.6. The molecule has 1 aromatic rings. The van der Waals surface area contributed by atoms with Crippen LogP contribution in [0, 0.1) is 0 Å². The molecular weight excluding hydrogens is 278 g/mol. The fourth-order valence-corrected chi connectivity index (χ4v) is 2.66. The standard InChI is InChI=1S/C15H20ClNO3/c1-11(18)14(19)17-10-15(6-8-20-9-7-15)12-2-4-13(16)5-3-12/h2-5,11,18H,6-10H2,1H3,(H,17,19). The van der Waals surface area contributed by atoms with Crippen molar-refractivity contribution < 1.29 is 14.6 Å². The van der Waals surface area contributed by atoms with E-state index in [0.717, 1.165) is 18.4 Å². The molecule has 1 aliphatic rings. The minimum Gasteiger partial charge on any atom is -0.384 e. The highest BCUT2D eigenvalue weighted by atomic mass is 35.5. The molecule has 0 aliphatic carbocycles. The monoisotopic (exact) mass is 297 g/mol. The van der Waals surface area contributed by atoms with Crippen LogP contribution >= 0.6 is 11.6 Å². The molecule has 1 amide bonds. The Morgan fingerprint density at radius 1 is 1.40 bits per heavy atom. The first kappa shape index (κ1) is 15.3. The lowest BCUT2D eigenvalue weighted by atomic mass is 9.74. The molecule has 1 heterocycles. The third-order valence-electron chi connectivity index (χ3n) is 3.89. The van der Waals surface area contributed by atoms with Gasteiger partial charge in [0.1, 0.15) is 6.10 Å². The largest absolute Gasteiger partial charge is 0.384 e. The molecule has 20 heavy (non-hydrogen) atoms. The number of carbonyl (C=O) groups is 1. The number of amides is 1. The van der Waals surface area contributed by atoms with Gasteiger partial charge < -0.3 is 15.2 Å². The Labute approximate surface area is 124 Å². The molecule has 0 aromatic heterocycles. The van der Waals surface area contributed by atoms with E-state index in [4.69, 9.17) is 16.3 Å². The molecule has 1 unspecified atom stereocenters. The van der Waals surface area contributed by atoms with E-state index in [1.54, 1.807) is 0 Å². The molecular formula is C15H20ClNO3. The number of aliphatic hydroxyl groups is 1. The summed E-state index contributed by atoms with van der Waals surface area (Å²) in [6, 6.07) is 7.74. The van der Waals surface area contributed by atoms with Gasteiger partial charge >= 0.3 is 0 Å². The highest BCUT2D eigenvalue weighted by Gasteiger charge is 2.35. The van der Waals surface area contributed by atoms with Crippen LogP contribution in [0.2, 0.25) is 5.02 Å². The van der Waals surface area contributed by atoms with Crippen LogP contribution in [0.4, 0.5) is 0 Å². The maximum atomic E-state index is 11.6. The molecule has 1 aromatic carbocycles. The molecule has 1 atom stereocenters. The van der Waals surface area contributed by atoms with Crippen LogP contribution in [0.3, 0.4) is 0 Å². The van der Waals surface area contributed by atoms with Crippen molar-refractivity contribution in [3.63, 3.8) is 0 Å². The highest BCUT2D eigenvalue weighted by Crippen LogP contribution is 2.34. The van der Waals surface area contributed by atoms with Gasteiger partial charge in [-0.1, -0.05) is 23.7 Å². The summed E-state index contributed by atoms with van der Waals surface area (Å²) in [5.74, 6) is -0.343. The van der Waals surface area contributed by atoms with Gasteiger partial charge in [-0.2, -0.15) is 0 Å².